The number of hydrogen-bond acceptors (Lipinski definition) is 3. The maximum atomic E-state index is 12.1. The molecule has 0 saturated heterocycles. The number of carbonyl (C=O) groups excluding carboxylic acids is 1. The summed E-state index contributed by atoms with van der Waals surface area (Å²) < 4.78 is 11.0. The number of furan rings is 1. The Morgan fingerprint density at radius 3 is 2.69 bits per heavy atom. The molecule has 0 saturated carbocycles. The monoisotopic (exact) mass is 398 g/mol. The molecule has 0 N–H and O–H groups in total. The number of carbonyl (C=O) groups is 1. The van der Waals surface area contributed by atoms with E-state index in [1.165, 1.54) is 49.7 Å². The lowest BCUT2D eigenvalue weighted by Gasteiger charge is -2.32. The highest BCUT2D eigenvalue weighted by Crippen LogP contribution is 2.40. The van der Waals surface area contributed by atoms with E-state index < -0.39 is 0 Å². The first-order valence-corrected chi connectivity index (χ1v) is 11.2. The van der Waals surface area contributed by atoms with E-state index in [0.29, 0.717) is 12.4 Å². The lowest BCUT2D eigenvalue weighted by molar-refractivity contribution is 0.0461. The molecular formula is C26H38O3. The highest BCUT2D eigenvalue weighted by atomic mass is 16.5. The zero-order valence-electron chi connectivity index (χ0n) is 19.0. The Hall–Kier alpha value is -2.03. The van der Waals surface area contributed by atoms with Crippen LogP contribution in [0.25, 0.3) is 6.08 Å². The number of hydrogen-bond donors (Lipinski definition) is 0. The van der Waals surface area contributed by atoms with E-state index in [4.69, 9.17) is 9.15 Å². The maximum absolute atomic E-state index is 12.1. The third kappa shape index (κ3) is 7.38. The predicted octanol–water partition coefficient (Wildman–Crippen LogP) is 7.89. The van der Waals surface area contributed by atoms with Crippen molar-refractivity contribution in [2.24, 2.45) is 5.41 Å². The molecule has 2 rings (SSSR count). The van der Waals surface area contributed by atoms with Gasteiger partial charge in [0.15, 0.2) is 0 Å². The summed E-state index contributed by atoms with van der Waals surface area (Å²) in [7, 11) is 0. The summed E-state index contributed by atoms with van der Waals surface area (Å²) in [6.07, 6.45) is 15.7. The van der Waals surface area contributed by atoms with Crippen molar-refractivity contribution in [3.8, 4) is 0 Å². The zero-order chi connectivity index (χ0) is 21.3. The van der Waals surface area contributed by atoms with Crippen LogP contribution in [0.2, 0.25) is 0 Å². The van der Waals surface area contributed by atoms with E-state index in [0.717, 1.165) is 18.4 Å². The topological polar surface area (TPSA) is 39.4 Å². The summed E-state index contributed by atoms with van der Waals surface area (Å²) in [4.78, 5) is 12.1. The van der Waals surface area contributed by atoms with E-state index in [1.807, 2.05) is 12.1 Å². The van der Waals surface area contributed by atoms with Gasteiger partial charge in [-0.1, -0.05) is 64.2 Å². The van der Waals surface area contributed by atoms with Gasteiger partial charge in [0.2, 0.25) is 5.76 Å². The molecule has 0 unspecified atom stereocenters. The van der Waals surface area contributed by atoms with Crippen molar-refractivity contribution in [1.29, 1.82) is 0 Å². The van der Waals surface area contributed by atoms with Crippen LogP contribution in [-0.4, -0.2) is 12.6 Å². The molecule has 0 radical (unpaired) electrons. The van der Waals surface area contributed by atoms with Crippen molar-refractivity contribution >= 4 is 12.0 Å². The first kappa shape index (κ1) is 23.3. The third-order valence-corrected chi connectivity index (χ3v) is 5.73. The molecule has 0 bridgehead atoms. The highest BCUT2D eigenvalue weighted by molar-refractivity contribution is 5.86. The summed E-state index contributed by atoms with van der Waals surface area (Å²) in [6, 6.07) is 3.52. The molecule has 1 aromatic heterocycles. The van der Waals surface area contributed by atoms with Crippen molar-refractivity contribution in [3.05, 3.63) is 52.5 Å². The largest absolute Gasteiger partial charge is 0.460 e. The minimum atomic E-state index is -0.377. The van der Waals surface area contributed by atoms with E-state index in [1.54, 1.807) is 6.07 Å². The maximum Gasteiger partial charge on any atom is 0.374 e. The lowest BCUT2D eigenvalue weighted by atomic mass is 9.72. The van der Waals surface area contributed by atoms with Crippen LogP contribution in [0.1, 0.15) is 102 Å². The molecule has 1 heterocycles. The summed E-state index contributed by atoms with van der Waals surface area (Å²) in [5, 5.41) is 0. The Morgan fingerprint density at radius 1 is 1.21 bits per heavy atom. The first-order chi connectivity index (χ1) is 13.8. The molecule has 0 fully saturated rings. The molecule has 3 heteroatoms. The molecule has 0 spiro atoms. The average molecular weight is 399 g/mol. The van der Waals surface area contributed by atoms with Gasteiger partial charge in [0, 0.05) is 0 Å². The van der Waals surface area contributed by atoms with Crippen molar-refractivity contribution in [1.82, 2.24) is 0 Å². The minimum Gasteiger partial charge on any atom is -0.460 e. The zero-order valence-corrected chi connectivity index (χ0v) is 19.0. The Balaban J connectivity index is 1.91. The fourth-order valence-electron chi connectivity index (χ4n) is 3.98. The standard InChI is InChI=1S/C26H38O3/c1-6-7-8-9-10-18-28-25(27)24-16-14-22(29-24)19-20(2)13-15-23-21(3)12-11-17-26(23,4)5/h13-16,19H,6-12,17-18H2,1-5H3. The van der Waals surface area contributed by atoms with Gasteiger partial charge in [-0.25, -0.2) is 4.79 Å². The lowest BCUT2D eigenvalue weighted by Crippen LogP contribution is -2.19. The molecule has 3 nitrogen and oxygen atoms in total. The first-order valence-electron chi connectivity index (χ1n) is 11.2. The van der Waals surface area contributed by atoms with Crippen LogP contribution >= 0.6 is 0 Å². The van der Waals surface area contributed by atoms with Crippen molar-refractivity contribution in [3.63, 3.8) is 0 Å². The van der Waals surface area contributed by atoms with E-state index in [2.05, 4.69) is 46.8 Å². The van der Waals surface area contributed by atoms with E-state index >= 15 is 0 Å². The van der Waals surface area contributed by atoms with Crippen molar-refractivity contribution < 1.29 is 13.9 Å². The van der Waals surface area contributed by atoms with Gasteiger partial charge >= 0.3 is 5.97 Å². The molecule has 0 atom stereocenters. The smallest absolute Gasteiger partial charge is 0.374 e. The molecule has 0 aliphatic heterocycles. The summed E-state index contributed by atoms with van der Waals surface area (Å²) in [5.74, 6) is 0.572. The van der Waals surface area contributed by atoms with Gasteiger partial charge in [0.1, 0.15) is 5.76 Å². The third-order valence-electron chi connectivity index (χ3n) is 5.73. The quantitative estimate of drug-likeness (QED) is 0.228. The SMILES string of the molecule is CCCCCCCOC(=O)c1ccc(C=C(C)C=CC2=C(C)CCCC2(C)C)o1. The second-order valence-electron chi connectivity index (χ2n) is 8.91. The van der Waals surface area contributed by atoms with Crippen LogP contribution in [0.15, 0.2) is 45.4 Å². The van der Waals surface area contributed by atoms with Crippen LogP contribution in [0, 0.1) is 5.41 Å². The van der Waals surface area contributed by atoms with Gasteiger partial charge < -0.3 is 9.15 Å². The fraction of sp³-hybridized carbons (Fsp3) is 0.577. The number of unbranched alkanes of at least 4 members (excludes halogenated alkanes) is 4. The molecule has 1 aliphatic rings. The van der Waals surface area contributed by atoms with Crippen molar-refractivity contribution in [2.75, 3.05) is 6.61 Å². The molecule has 1 aromatic rings. The minimum absolute atomic E-state index is 0.233. The van der Waals surface area contributed by atoms with Crippen LogP contribution in [0.5, 0.6) is 0 Å². The average Bonchev–Trinajstić information content (AvgIpc) is 3.12. The second kappa shape index (κ2) is 11.2. The fourth-order valence-corrected chi connectivity index (χ4v) is 3.98. The second-order valence-corrected chi connectivity index (χ2v) is 8.91. The summed E-state index contributed by atoms with van der Waals surface area (Å²) in [6.45, 7) is 11.6. The number of esters is 1. The number of ether oxygens (including phenoxy) is 1. The van der Waals surface area contributed by atoms with Gasteiger partial charge in [-0.2, -0.15) is 0 Å². The normalized spacial score (nSPS) is 17.2. The van der Waals surface area contributed by atoms with Gasteiger partial charge in [0.25, 0.3) is 0 Å². The van der Waals surface area contributed by atoms with Crippen LogP contribution < -0.4 is 0 Å². The highest BCUT2D eigenvalue weighted by Gasteiger charge is 2.26. The van der Waals surface area contributed by atoms with Crippen LogP contribution in [-0.2, 0) is 4.74 Å². The molecule has 0 amide bonds. The van der Waals surface area contributed by atoms with Crippen molar-refractivity contribution in [2.45, 2.75) is 86.0 Å². The molecular weight excluding hydrogens is 360 g/mol. The van der Waals surface area contributed by atoms with Crippen LogP contribution in [0.4, 0.5) is 0 Å². The van der Waals surface area contributed by atoms with Crippen LogP contribution in [0.3, 0.4) is 0 Å². The van der Waals surface area contributed by atoms with Gasteiger partial charge in [0.05, 0.1) is 6.61 Å². The Kier molecular flexibility index (Phi) is 9.00. The molecule has 29 heavy (non-hydrogen) atoms. The van der Waals surface area contributed by atoms with E-state index in [9.17, 15) is 4.79 Å². The number of rotatable bonds is 10. The summed E-state index contributed by atoms with van der Waals surface area (Å²) in [5.41, 5.74) is 4.26. The Bertz CT molecular complexity index is 759. The Morgan fingerprint density at radius 2 is 1.97 bits per heavy atom. The Labute approximate surface area is 176 Å². The van der Waals surface area contributed by atoms with E-state index in [-0.39, 0.29) is 17.1 Å². The predicted molar refractivity (Wildman–Crippen MR) is 121 cm³/mol. The number of allylic oxidation sites excluding steroid dienone is 5. The van der Waals surface area contributed by atoms with Gasteiger partial charge in [-0.15, -0.1) is 0 Å². The molecule has 0 aromatic carbocycles. The molecule has 160 valence electrons. The van der Waals surface area contributed by atoms with Gasteiger partial charge in [-0.05, 0) is 74.3 Å². The van der Waals surface area contributed by atoms with Gasteiger partial charge in [-0.3, -0.25) is 0 Å². The summed E-state index contributed by atoms with van der Waals surface area (Å²) >= 11 is 0. The molecule has 1 aliphatic carbocycles.